The normalized spacial score (nSPS) is 9.88. The average molecular weight is 222 g/mol. The first-order valence-electron chi connectivity index (χ1n) is 5.53. The molecule has 0 unspecified atom stereocenters. The van der Waals surface area contributed by atoms with E-state index in [1.54, 1.807) is 0 Å². The zero-order valence-corrected chi connectivity index (χ0v) is 9.79. The van der Waals surface area contributed by atoms with E-state index in [0.717, 1.165) is 18.7 Å². The van der Waals surface area contributed by atoms with E-state index in [4.69, 9.17) is 0 Å². The SMILES string of the molecule is CCCNC(=O)CCNc1ccc(C)nn1. The number of hydrogen-bond acceptors (Lipinski definition) is 4. The molecule has 0 spiro atoms. The van der Waals surface area contributed by atoms with Gasteiger partial charge in [-0.05, 0) is 25.5 Å². The maximum absolute atomic E-state index is 11.3. The Morgan fingerprint density at radius 3 is 2.75 bits per heavy atom. The molecule has 1 rings (SSSR count). The minimum absolute atomic E-state index is 0.0643. The van der Waals surface area contributed by atoms with Gasteiger partial charge in [-0.2, -0.15) is 5.10 Å². The first kappa shape index (κ1) is 12.4. The summed E-state index contributed by atoms with van der Waals surface area (Å²) in [5, 5.41) is 13.7. The Hall–Kier alpha value is -1.65. The van der Waals surface area contributed by atoms with E-state index in [-0.39, 0.29) is 5.91 Å². The molecule has 1 aromatic heterocycles. The van der Waals surface area contributed by atoms with Crippen molar-refractivity contribution in [2.75, 3.05) is 18.4 Å². The second-order valence-electron chi connectivity index (χ2n) is 3.59. The van der Waals surface area contributed by atoms with Gasteiger partial charge in [0.15, 0.2) is 0 Å². The van der Waals surface area contributed by atoms with Gasteiger partial charge in [-0.1, -0.05) is 6.92 Å². The lowest BCUT2D eigenvalue weighted by Crippen LogP contribution is -2.26. The van der Waals surface area contributed by atoms with Gasteiger partial charge in [0.2, 0.25) is 5.91 Å². The fourth-order valence-corrected chi connectivity index (χ4v) is 1.15. The fraction of sp³-hybridized carbons (Fsp3) is 0.545. The van der Waals surface area contributed by atoms with Gasteiger partial charge in [0.25, 0.3) is 0 Å². The highest BCUT2D eigenvalue weighted by Gasteiger charge is 2.00. The van der Waals surface area contributed by atoms with Crippen molar-refractivity contribution in [3.8, 4) is 0 Å². The molecule has 0 aromatic carbocycles. The maximum Gasteiger partial charge on any atom is 0.221 e. The van der Waals surface area contributed by atoms with Crippen LogP contribution in [0.25, 0.3) is 0 Å². The summed E-state index contributed by atoms with van der Waals surface area (Å²) in [6.45, 7) is 5.23. The monoisotopic (exact) mass is 222 g/mol. The summed E-state index contributed by atoms with van der Waals surface area (Å²) in [7, 11) is 0. The van der Waals surface area contributed by atoms with E-state index in [1.807, 2.05) is 26.0 Å². The number of aryl methyl sites for hydroxylation is 1. The number of carbonyl (C=O) groups excluding carboxylic acids is 1. The topological polar surface area (TPSA) is 66.9 Å². The number of aromatic nitrogens is 2. The number of nitrogens with one attached hydrogen (secondary N) is 2. The van der Waals surface area contributed by atoms with Crippen LogP contribution < -0.4 is 10.6 Å². The second-order valence-corrected chi connectivity index (χ2v) is 3.59. The van der Waals surface area contributed by atoms with Crippen LogP contribution in [0.2, 0.25) is 0 Å². The summed E-state index contributed by atoms with van der Waals surface area (Å²) in [6.07, 6.45) is 1.41. The Balaban J connectivity index is 2.20. The lowest BCUT2D eigenvalue weighted by atomic mass is 10.3. The van der Waals surface area contributed by atoms with Crippen LogP contribution in [0.5, 0.6) is 0 Å². The molecule has 1 heterocycles. The molecule has 1 amide bonds. The van der Waals surface area contributed by atoms with Crippen molar-refractivity contribution in [2.45, 2.75) is 26.7 Å². The summed E-state index contributed by atoms with van der Waals surface area (Å²) in [4.78, 5) is 11.3. The van der Waals surface area contributed by atoms with Gasteiger partial charge in [0.1, 0.15) is 5.82 Å². The summed E-state index contributed by atoms with van der Waals surface area (Å²) in [6, 6.07) is 3.73. The predicted molar refractivity (Wildman–Crippen MR) is 63.2 cm³/mol. The van der Waals surface area contributed by atoms with Gasteiger partial charge in [0, 0.05) is 19.5 Å². The molecule has 0 atom stereocenters. The molecule has 2 N–H and O–H groups in total. The molecule has 5 nitrogen and oxygen atoms in total. The number of amides is 1. The second kappa shape index (κ2) is 6.76. The smallest absolute Gasteiger partial charge is 0.221 e. The zero-order valence-electron chi connectivity index (χ0n) is 9.79. The maximum atomic E-state index is 11.3. The summed E-state index contributed by atoms with van der Waals surface area (Å²) < 4.78 is 0. The Morgan fingerprint density at radius 1 is 1.31 bits per heavy atom. The molecule has 1 aromatic rings. The molecule has 0 saturated carbocycles. The van der Waals surface area contributed by atoms with Crippen molar-refractivity contribution in [1.29, 1.82) is 0 Å². The highest BCUT2D eigenvalue weighted by molar-refractivity contribution is 5.76. The number of anilines is 1. The van der Waals surface area contributed by atoms with Crippen molar-refractivity contribution in [1.82, 2.24) is 15.5 Å². The standard InChI is InChI=1S/C11H18N4O/c1-3-7-13-11(16)6-8-12-10-5-4-9(2)14-15-10/h4-5H,3,6-8H2,1-2H3,(H,12,15)(H,13,16). The van der Waals surface area contributed by atoms with Gasteiger partial charge in [-0.15, -0.1) is 5.10 Å². The highest BCUT2D eigenvalue weighted by atomic mass is 16.1. The highest BCUT2D eigenvalue weighted by Crippen LogP contribution is 2.00. The lowest BCUT2D eigenvalue weighted by molar-refractivity contribution is -0.120. The Kier molecular flexibility index (Phi) is 5.25. The van der Waals surface area contributed by atoms with Crippen LogP contribution in [0.1, 0.15) is 25.5 Å². The molecule has 0 fully saturated rings. The molecule has 88 valence electrons. The van der Waals surface area contributed by atoms with Gasteiger partial charge in [-0.3, -0.25) is 4.79 Å². The van der Waals surface area contributed by atoms with Gasteiger partial charge in [-0.25, -0.2) is 0 Å². The summed E-state index contributed by atoms with van der Waals surface area (Å²) >= 11 is 0. The molecule has 5 heteroatoms. The minimum atomic E-state index is 0.0643. The number of nitrogens with zero attached hydrogens (tertiary/aromatic N) is 2. The van der Waals surface area contributed by atoms with Gasteiger partial charge in [0.05, 0.1) is 5.69 Å². The molecule has 0 saturated heterocycles. The van der Waals surface area contributed by atoms with Crippen LogP contribution in [0.4, 0.5) is 5.82 Å². The van der Waals surface area contributed by atoms with E-state index in [1.165, 1.54) is 0 Å². The van der Waals surface area contributed by atoms with E-state index in [2.05, 4.69) is 20.8 Å². The van der Waals surface area contributed by atoms with Gasteiger partial charge < -0.3 is 10.6 Å². The quantitative estimate of drug-likeness (QED) is 0.756. The molecular formula is C11H18N4O. The van der Waals surface area contributed by atoms with E-state index < -0.39 is 0 Å². The van der Waals surface area contributed by atoms with Crippen LogP contribution in [-0.2, 0) is 4.79 Å². The van der Waals surface area contributed by atoms with Crippen LogP contribution in [-0.4, -0.2) is 29.2 Å². The molecule has 0 bridgehead atoms. The summed E-state index contributed by atoms with van der Waals surface area (Å²) in [5.74, 6) is 0.767. The molecule has 0 aliphatic carbocycles. The van der Waals surface area contributed by atoms with E-state index in [0.29, 0.717) is 18.8 Å². The third-order valence-corrected chi connectivity index (χ3v) is 2.03. The first-order chi connectivity index (χ1) is 7.72. The minimum Gasteiger partial charge on any atom is -0.368 e. The number of hydrogen-bond donors (Lipinski definition) is 2. The predicted octanol–water partition coefficient (Wildman–Crippen LogP) is 1.11. The zero-order chi connectivity index (χ0) is 11.8. The van der Waals surface area contributed by atoms with Crippen molar-refractivity contribution in [3.63, 3.8) is 0 Å². The van der Waals surface area contributed by atoms with Crippen LogP contribution in [0, 0.1) is 6.92 Å². The van der Waals surface area contributed by atoms with Crippen molar-refractivity contribution in [2.24, 2.45) is 0 Å². The number of rotatable bonds is 6. The lowest BCUT2D eigenvalue weighted by Gasteiger charge is -2.05. The van der Waals surface area contributed by atoms with Crippen molar-refractivity contribution in [3.05, 3.63) is 17.8 Å². The molecule has 0 aliphatic rings. The molecule has 0 radical (unpaired) electrons. The Morgan fingerprint density at radius 2 is 2.12 bits per heavy atom. The largest absolute Gasteiger partial charge is 0.368 e. The fourth-order valence-electron chi connectivity index (χ4n) is 1.15. The van der Waals surface area contributed by atoms with Crippen LogP contribution >= 0.6 is 0 Å². The Bertz CT molecular complexity index is 323. The van der Waals surface area contributed by atoms with Crippen molar-refractivity contribution >= 4 is 11.7 Å². The van der Waals surface area contributed by atoms with Crippen LogP contribution in [0.15, 0.2) is 12.1 Å². The van der Waals surface area contributed by atoms with Crippen molar-refractivity contribution < 1.29 is 4.79 Å². The van der Waals surface area contributed by atoms with E-state index in [9.17, 15) is 4.79 Å². The third-order valence-electron chi connectivity index (χ3n) is 2.03. The first-order valence-corrected chi connectivity index (χ1v) is 5.53. The average Bonchev–Trinajstić information content (AvgIpc) is 2.29. The third kappa shape index (κ3) is 4.72. The molecule has 0 aliphatic heterocycles. The summed E-state index contributed by atoms with van der Waals surface area (Å²) in [5.41, 5.74) is 0.881. The number of carbonyl (C=O) groups is 1. The molecular weight excluding hydrogens is 204 g/mol. The van der Waals surface area contributed by atoms with E-state index >= 15 is 0 Å². The van der Waals surface area contributed by atoms with Crippen LogP contribution in [0.3, 0.4) is 0 Å². The Labute approximate surface area is 95.7 Å². The molecule has 16 heavy (non-hydrogen) atoms. The van der Waals surface area contributed by atoms with Gasteiger partial charge >= 0.3 is 0 Å².